The van der Waals surface area contributed by atoms with Crippen LogP contribution in [0.4, 0.5) is 0 Å². The van der Waals surface area contributed by atoms with Crippen molar-refractivity contribution in [3.05, 3.63) is 51.3 Å². The molecule has 4 aliphatic rings. The lowest BCUT2D eigenvalue weighted by Gasteiger charge is -2.45. The molecule has 0 saturated carbocycles. The first kappa shape index (κ1) is 32.6. The highest BCUT2D eigenvalue weighted by Crippen LogP contribution is 2.64. The largest absolute Gasteiger partial charge is 0.506 e. The Bertz CT molecular complexity index is 1860. The van der Waals surface area contributed by atoms with Crippen LogP contribution in [-0.2, 0) is 23.0 Å². The van der Waals surface area contributed by atoms with Gasteiger partial charge in [-0.3, -0.25) is 9.59 Å². The molecule has 1 spiro atoms. The molecule has 5 atom stereocenters. The van der Waals surface area contributed by atoms with Gasteiger partial charge in [-0.1, -0.05) is 45.3 Å². The van der Waals surface area contributed by atoms with E-state index >= 15 is 0 Å². The first-order valence-corrected chi connectivity index (χ1v) is 17.3. The van der Waals surface area contributed by atoms with Crippen LogP contribution in [0.25, 0.3) is 10.8 Å². The number of ketones is 2. The van der Waals surface area contributed by atoms with Gasteiger partial charge in [0.25, 0.3) is 5.88 Å². The lowest BCUT2D eigenvalue weighted by molar-refractivity contribution is -0.0607. The maximum absolute atomic E-state index is 14.8. The number of ether oxygens (including phenoxy) is 4. The molecule has 2 aromatic carbocycles. The minimum atomic E-state index is -2.55. The van der Waals surface area contributed by atoms with Crippen molar-refractivity contribution in [2.24, 2.45) is 11.8 Å². The van der Waals surface area contributed by atoms with E-state index in [2.05, 4.69) is 32.0 Å². The second-order valence-electron chi connectivity index (χ2n) is 13.9. The molecule has 256 valence electrons. The predicted molar refractivity (Wildman–Crippen MR) is 178 cm³/mol. The van der Waals surface area contributed by atoms with Gasteiger partial charge in [-0.25, -0.2) is 0 Å². The normalized spacial score (nSPS) is 27.1. The van der Waals surface area contributed by atoms with Crippen molar-refractivity contribution in [2.75, 3.05) is 27.4 Å². The van der Waals surface area contributed by atoms with Crippen molar-refractivity contribution in [2.45, 2.75) is 96.2 Å². The molecular weight excluding hydrogens is 614 g/mol. The van der Waals surface area contributed by atoms with E-state index in [0.29, 0.717) is 42.1 Å². The summed E-state index contributed by atoms with van der Waals surface area (Å²) < 4.78 is 30.0. The van der Waals surface area contributed by atoms with Gasteiger partial charge in [0.15, 0.2) is 11.4 Å². The van der Waals surface area contributed by atoms with Gasteiger partial charge in [-0.05, 0) is 61.2 Å². The Balaban J connectivity index is 1.51. The number of hydrogen-bond acceptors (Lipinski definition) is 10. The molecule has 4 aliphatic carbocycles. The molecule has 0 aliphatic heterocycles. The number of aromatic nitrogens is 1. The van der Waals surface area contributed by atoms with Gasteiger partial charge in [-0.15, -0.1) is 0 Å². The number of methoxy groups -OCH3 is 2. The monoisotopic (exact) mass is 659 g/mol. The Morgan fingerprint density at radius 3 is 2.40 bits per heavy atom. The highest BCUT2D eigenvalue weighted by Gasteiger charge is 2.64. The van der Waals surface area contributed by atoms with E-state index in [4.69, 9.17) is 23.5 Å². The second kappa shape index (κ2) is 11.9. The van der Waals surface area contributed by atoms with Crippen LogP contribution in [0, 0.1) is 11.8 Å². The fraction of sp³-hybridized carbons (Fsp3) is 0.553. The number of carbonyl (C=O) groups is 2. The minimum Gasteiger partial charge on any atom is -0.506 e. The van der Waals surface area contributed by atoms with E-state index < -0.39 is 34.6 Å². The Morgan fingerprint density at radius 1 is 1.02 bits per heavy atom. The third kappa shape index (κ3) is 4.20. The number of allylic oxidation sites excluding steroid dienone is 2. The zero-order valence-electron chi connectivity index (χ0n) is 28.7. The number of aliphatic hydroxyl groups is 1. The molecule has 10 nitrogen and oxygen atoms in total. The van der Waals surface area contributed by atoms with E-state index in [1.54, 1.807) is 7.11 Å². The third-order valence-corrected chi connectivity index (χ3v) is 11.6. The van der Waals surface area contributed by atoms with Crippen LogP contribution in [0.5, 0.6) is 23.1 Å². The van der Waals surface area contributed by atoms with Crippen molar-refractivity contribution in [1.29, 1.82) is 0 Å². The Labute approximate surface area is 280 Å². The van der Waals surface area contributed by atoms with E-state index in [9.17, 15) is 19.8 Å². The number of phenols is 1. The topological polar surface area (TPSA) is 138 Å². The van der Waals surface area contributed by atoms with Crippen LogP contribution in [0.2, 0.25) is 0 Å². The number of Topliss-reactive ketones (excluding diaryl/α,β-unsaturated/α-hetero) is 2. The summed E-state index contributed by atoms with van der Waals surface area (Å²) in [6, 6.07) is 1.82. The number of phenolic OH excluding ortho intramolecular Hbond substituents is 1. The fourth-order valence-electron chi connectivity index (χ4n) is 9.03. The van der Waals surface area contributed by atoms with Gasteiger partial charge in [0.1, 0.15) is 22.8 Å². The van der Waals surface area contributed by atoms with Crippen LogP contribution in [-0.4, -0.2) is 60.0 Å². The molecule has 0 radical (unpaired) electrons. The number of aromatic hydroxyl groups is 1. The average Bonchev–Trinajstić information content (AvgIpc) is 3.65. The summed E-state index contributed by atoms with van der Waals surface area (Å²) in [4.78, 5) is 29.2. The lowest BCUT2D eigenvalue weighted by Crippen LogP contribution is -2.60. The van der Waals surface area contributed by atoms with Crippen molar-refractivity contribution >= 4 is 22.3 Å². The molecular formula is C38H45NO9. The Kier molecular flexibility index (Phi) is 8.10. The quantitative estimate of drug-likeness (QED) is 0.137. The zero-order chi connectivity index (χ0) is 34.1. The van der Waals surface area contributed by atoms with Gasteiger partial charge >= 0.3 is 0 Å². The highest BCUT2D eigenvalue weighted by molar-refractivity contribution is 6.27. The summed E-state index contributed by atoms with van der Waals surface area (Å²) in [6.07, 6.45) is 7.11. The molecule has 0 saturated heterocycles. The highest BCUT2D eigenvalue weighted by atomic mass is 16.5. The van der Waals surface area contributed by atoms with Crippen LogP contribution < -0.4 is 14.2 Å². The standard InChI is InChI=1S/C38H45NO9/c1-7-9-14-46-23-17-25(44-5)31-26-21(18-37(31)19(3)12-11-13-20(37)4)27-30(32(40)28(23)26)35(42)38(43)22(33(27)45-6)16-24-29(34(38)41)36(39-48-24)47-15-10-8-2/h12,17,20,22,33,40,43H,7-11,13-16,18H2,1-6H3/t20?,22-,33-,37-,38-/m1/s1. The molecule has 0 bridgehead atoms. The van der Waals surface area contributed by atoms with Crippen LogP contribution >= 0.6 is 0 Å². The molecule has 3 aromatic rings. The molecule has 48 heavy (non-hydrogen) atoms. The van der Waals surface area contributed by atoms with Crippen LogP contribution in [0.3, 0.4) is 0 Å². The molecule has 10 heteroatoms. The Hall–Kier alpha value is -3.89. The predicted octanol–water partition coefficient (Wildman–Crippen LogP) is 6.74. The molecule has 7 rings (SSSR count). The van der Waals surface area contributed by atoms with E-state index in [1.165, 1.54) is 12.7 Å². The lowest BCUT2D eigenvalue weighted by atomic mass is 9.60. The van der Waals surface area contributed by atoms with Gasteiger partial charge in [-0.2, -0.15) is 0 Å². The smallest absolute Gasteiger partial charge is 0.265 e. The third-order valence-electron chi connectivity index (χ3n) is 11.6. The van der Waals surface area contributed by atoms with Crippen LogP contribution in [0.1, 0.15) is 115 Å². The average molecular weight is 660 g/mol. The van der Waals surface area contributed by atoms with Crippen molar-refractivity contribution in [3.63, 3.8) is 0 Å². The van der Waals surface area contributed by atoms with Crippen molar-refractivity contribution in [1.82, 2.24) is 5.16 Å². The number of benzene rings is 2. The summed E-state index contributed by atoms with van der Waals surface area (Å²) >= 11 is 0. The van der Waals surface area contributed by atoms with Crippen molar-refractivity contribution < 1.29 is 43.3 Å². The SMILES string of the molecule is CCCCOc1noc2c1C(=O)[C@@]1(O)C(=O)c3c(c4c5c(c(OC)cc(OCCCC)c5c3O)[C@]3(C4)C(C)=CCCC3C)[C@H](OC)[C@H]1C2. The second-order valence-corrected chi connectivity index (χ2v) is 13.9. The summed E-state index contributed by atoms with van der Waals surface area (Å²) in [5.41, 5.74) is 0.350. The summed E-state index contributed by atoms with van der Waals surface area (Å²) in [5, 5.41) is 29.9. The minimum absolute atomic E-state index is 0.0143. The summed E-state index contributed by atoms with van der Waals surface area (Å²) in [6.45, 7) is 9.17. The first-order valence-electron chi connectivity index (χ1n) is 17.3. The fourth-order valence-corrected chi connectivity index (χ4v) is 9.03. The zero-order valence-corrected chi connectivity index (χ0v) is 28.7. The number of fused-ring (bicyclic) bond motifs is 5. The maximum Gasteiger partial charge on any atom is 0.265 e. The summed E-state index contributed by atoms with van der Waals surface area (Å²) in [7, 11) is 3.15. The number of hydrogen-bond donors (Lipinski definition) is 2. The Morgan fingerprint density at radius 2 is 1.73 bits per heavy atom. The van der Waals surface area contributed by atoms with E-state index in [1.807, 2.05) is 13.0 Å². The van der Waals surface area contributed by atoms with Gasteiger partial charge in [0.05, 0.1) is 37.4 Å². The van der Waals surface area contributed by atoms with Crippen LogP contribution in [0.15, 0.2) is 22.2 Å². The van der Waals surface area contributed by atoms with Gasteiger partial charge < -0.3 is 33.7 Å². The number of nitrogens with zero attached hydrogens (tertiary/aromatic N) is 1. The van der Waals surface area contributed by atoms with Crippen molar-refractivity contribution in [3.8, 4) is 23.1 Å². The maximum atomic E-state index is 14.8. The van der Waals surface area contributed by atoms with E-state index in [0.717, 1.165) is 55.0 Å². The van der Waals surface area contributed by atoms with Gasteiger partial charge in [0, 0.05) is 41.9 Å². The molecule has 0 amide bonds. The summed E-state index contributed by atoms with van der Waals surface area (Å²) in [5.74, 6) is -1.62. The number of unbranched alkanes of at least 4 members (excludes halogenated alkanes) is 2. The molecule has 1 heterocycles. The first-order chi connectivity index (χ1) is 23.1. The molecule has 0 fully saturated rings. The molecule has 2 N–H and O–H groups in total. The number of carbonyl (C=O) groups excluding carboxylic acids is 2. The van der Waals surface area contributed by atoms with E-state index in [-0.39, 0.29) is 40.9 Å². The molecule has 1 aromatic heterocycles. The molecule has 1 unspecified atom stereocenters. The van der Waals surface area contributed by atoms with Gasteiger partial charge in [0.2, 0.25) is 11.6 Å². The number of rotatable bonds is 10.